The minimum Gasteiger partial charge on any atom is -0.368 e. The Kier molecular flexibility index (Phi) is 6.02. The van der Waals surface area contributed by atoms with Gasteiger partial charge in [-0.15, -0.1) is 0 Å². The highest BCUT2D eigenvalue weighted by atomic mass is 35.5. The normalized spacial score (nSPS) is 11.8. The number of pyridine rings is 1. The molecule has 0 spiro atoms. The van der Waals surface area contributed by atoms with Crippen LogP contribution >= 0.6 is 11.6 Å². The Balaban J connectivity index is 1.42. The monoisotopic (exact) mass is 415 g/mol. The van der Waals surface area contributed by atoms with Gasteiger partial charge in [0.1, 0.15) is 12.1 Å². The Hall–Kier alpha value is -3.28. The van der Waals surface area contributed by atoms with E-state index in [2.05, 4.69) is 20.3 Å². The molecule has 6 heteroatoms. The van der Waals surface area contributed by atoms with Gasteiger partial charge in [0.25, 0.3) is 0 Å². The summed E-state index contributed by atoms with van der Waals surface area (Å²) in [5, 5.41) is 4.02. The van der Waals surface area contributed by atoms with Crippen molar-refractivity contribution in [3.05, 3.63) is 95.4 Å². The number of hydrogen-bond acceptors (Lipinski definition) is 5. The van der Waals surface area contributed by atoms with Crippen LogP contribution in [0, 0.1) is 6.92 Å². The van der Waals surface area contributed by atoms with Crippen LogP contribution in [-0.2, 0) is 0 Å². The molecule has 3 N–H and O–H groups in total. The second-order valence-corrected chi connectivity index (χ2v) is 7.48. The van der Waals surface area contributed by atoms with Crippen molar-refractivity contribution in [3.63, 3.8) is 0 Å². The van der Waals surface area contributed by atoms with Crippen LogP contribution in [0.3, 0.4) is 0 Å². The van der Waals surface area contributed by atoms with Crippen molar-refractivity contribution >= 4 is 17.4 Å². The Bertz CT molecular complexity index is 1130. The molecule has 0 fully saturated rings. The molecule has 0 unspecified atom stereocenters. The highest BCUT2D eigenvalue weighted by molar-refractivity contribution is 6.31. The van der Waals surface area contributed by atoms with Gasteiger partial charge < -0.3 is 11.1 Å². The van der Waals surface area contributed by atoms with Gasteiger partial charge in [0.2, 0.25) is 0 Å². The SMILES string of the molecule is Cc1ccc(-c2cc(NC[C@H](N)c3ccc(-c4ccccn4)cc3)ncn2)cc1Cl. The Morgan fingerprint density at radius 2 is 1.70 bits per heavy atom. The van der Waals surface area contributed by atoms with Crippen molar-refractivity contribution < 1.29 is 0 Å². The fourth-order valence-electron chi connectivity index (χ4n) is 3.13. The van der Waals surface area contributed by atoms with Crippen LogP contribution in [0.2, 0.25) is 5.02 Å². The first-order valence-electron chi connectivity index (χ1n) is 9.69. The van der Waals surface area contributed by atoms with Crippen LogP contribution in [0.5, 0.6) is 0 Å². The lowest BCUT2D eigenvalue weighted by Gasteiger charge is -2.14. The fraction of sp³-hybridized carbons (Fsp3) is 0.125. The molecule has 150 valence electrons. The standard InChI is InChI=1S/C24H22ClN5/c1-16-5-6-19(12-20(16)25)23-13-24(30-15-29-23)28-14-21(26)17-7-9-18(10-8-17)22-4-2-3-11-27-22/h2-13,15,21H,14,26H2,1H3,(H,28,29,30)/t21-/m0/s1. The number of benzene rings is 2. The van der Waals surface area contributed by atoms with Gasteiger partial charge in [0, 0.05) is 41.0 Å². The van der Waals surface area contributed by atoms with Gasteiger partial charge >= 0.3 is 0 Å². The van der Waals surface area contributed by atoms with E-state index in [1.807, 2.05) is 73.7 Å². The molecular weight excluding hydrogens is 394 g/mol. The molecule has 0 bridgehead atoms. The zero-order valence-electron chi connectivity index (χ0n) is 16.6. The molecule has 30 heavy (non-hydrogen) atoms. The molecule has 1 atom stereocenters. The van der Waals surface area contributed by atoms with E-state index in [0.717, 1.165) is 44.5 Å². The van der Waals surface area contributed by atoms with Crippen molar-refractivity contribution in [1.82, 2.24) is 15.0 Å². The summed E-state index contributed by atoms with van der Waals surface area (Å²) in [4.78, 5) is 13.0. The Morgan fingerprint density at radius 1 is 0.900 bits per heavy atom. The topological polar surface area (TPSA) is 76.7 Å². The summed E-state index contributed by atoms with van der Waals surface area (Å²) >= 11 is 6.24. The van der Waals surface area contributed by atoms with Crippen molar-refractivity contribution in [2.75, 3.05) is 11.9 Å². The van der Waals surface area contributed by atoms with Crippen LogP contribution in [0.1, 0.15) is 17.2 Å². The van der Waals surface area contributed by atoms with Crippen LogP contribution in [0.4, 0.5) is 5.82 Å². The van der Waals surface area contributed by atoms with E-state index < -0.39 is 0 Å². The van der Waals surface area contributed by atoms with Gasteiger partial charge in [-0.2, -0.15) is 0 Å². The quantitative estimate of drug-likeness (QED) is 0.448. The molecule has 2 heterocycles. The number of halogens is 1. The number of hydrogen-bond donors (Lipinski definition) is 2. The summed E-state index contributed by atoms with van der Waals surface area (Å²) in [5.41, 5.74) is 12.2. The molecule has 0 aliphatic carbocycles. The van der Waals surface area contributed by atoms with E-state index in [1.165, 1.54) is 0 Å². The van der Waals surface area contributed by atoms with Crippen LogP contribution < -0.4 is 11.1 Å². The number of nitrogens with two attached hydrogens (primary N) is 1. The predicted molar refractivity (Wildman–Crippen MR) is 122 cm³/mol. The second kappa shape index (κ2) is 9.03. The van der Waals surface area contributed by atoms with Crippen LogP contribution in [0.25, 0.3) is 22.5 Å². The third-order valence-corrected chi connectivity index (χ3v) is 5.34. The van der Waals surface area contributed by atoms with Crippen molar-refractivity contribution in [3.8, 4) is 22.5 Å². The minimum absolute atomic E-state index is 0.171. The van der Waals surface area contributed by atoms with Crippen LogP contribution in [0.15, 0.2) is 79.3 Å². The smallest absolute Gasteiger partial charge is 0.130 e. The number of rotatable bonds is 6. The molecule has 0 saturated carbocycles. The third-order valence-electron chi connectivity index (χ3n) is 4.94. The summed E-state index contributed by atoms with van der Waals surface area (Å²) in [7, 11) is 0. The lowest BCUT2D eigenvalue weighted by atomic mass is 10.0. The summed E-state index contributed by atoms with van der Waals surface area (Å²) in [5.74, 6) is 0.720. The first kappa shape index (κ1) is 20.0. The third kappa shape index (κ3) is 4.64. The van der Waals surface area contributed by atoms with E-state index >= 15 is 0 Å². The van der Waals surface area contributed by atoms with Gasteiger partial charge in [0.05, 0.1) is 11.4 Å². The van der Waals surface area contributed by atoms with Crippen molar-refractivity contribution in [1.29, 1.82) is 0 Å². The second-order valence-electron chi connectivity index (χ2n) is 7.08. The summed E-state index contributed by atoms with van der Waals surface area (Å²) in [6, 6.07) is 21.7. The lowest BCUT2D eigenvalue weighted by Crippen LogP contribution is -2.21. The molecular formula is C24H22ClN5. The Morgan fingerprint density at radius 3 is 2.43 bits per heavy atom. The molecule has 0 aliphatic heterocycles. The van der Waals surface area contributed by atoms with Crippen LogP contribution in [-0.4, -0.2) is 21.5 Å². The number of nitrogens with one attached hydrogen (secondary N) is 1. The molecule has 0 amide bonds. The van der Waals surface area contributed by atoms with Gasteiger partial charge in [-0.25, -0.2) is 9.97 Å². The number of aromatic nitrogens is 3. The van der Waals surface area contributed by atoms with Gasteiger partial charge in [-0.1, -0.05) is 54.1 Å². The largest absolute Gasteiger partial charge is 0.368 e. The molecule has 0 aliphatic rings. The molecule has 2 aromatic carbocycles. The molecule has 4 aromatic rings. The van der Waals surface area contributed by atoms with Gasteiger partial charge in [-0.05, 0) is 36.2 Å². The maximum Gasteiger partial charge on any atom is 0.130 e. The van der Waals surface area contributed by atoms with Gasteiger partial charge in [-0.3, -0.25) is 4.98 Å². The average molecular weight is 416 g/mol. The van der Waals surface area contributed by atoms with Crippen molar-refractivity contribution in [2.45, 2.75) is 13.0 Å². The molecule has 0 saturated heterocycles. The Labute approximate surface area is 181 Å². The average Bonchev–Trinajstić information content (AvgIpc) is 2.80. The van der Waals surface area contributed by atoms with Crippen molar-refractivity contribution in [2.24, 2.45) is 5.73 Å². The van der Waals surface area contributed by atoms with Gasteiger partial charge in [0.15, 0.2) is 0 Å². The minimum atomic E-state index is -0.171. The lowest BCUT2D eigenvalue weighted by molar-refractivity contribution is 0.761. The van der Waals surface area contributed by atoms with E-state index in [1.54, 1.807) is 12.5 Å². The molecule has 5 nitrogen and oxygen atoms in total. The predicted octanol–water partition coefficient (Wildman–Crippen LogP) is 5.28. The summed E-state index contributed by atoms with van der Waals surface area (Å²) < 4.78 is 0. The first-order valence-corrected chi connectivity index (χ1v) is 10.1. The van der Waals surface area contributed by atoms with E-state index in [9.17, 15) is 0 Å². The molecule has 0 radical (unpaired) electrons. The fourth-order valence-corrected chi connectivity index (χ4v) is 3.31. The molecule has 2 aromatic heterocycles. The van der Waals surface area contributed by atoms with E-state index in [-0.39, 0.29) is 6.04 Å². The highest BCUT2D eigenvalue weighted by Crippen LogP contribution is 2.25. The molecule has 4 rings (SSSR count). The number of aryl methyl sites for hydroxylation is 1. The van der Waals surface area contributed by atoms with E-state index in [0.29, 0.717) is 6.54 Å². The summed E-state index contributed by atoms with van der Waals surface area (Å²) in [6.45, 7) is 2.53. The number of nitrogens with zero attached hydrogens (tertiary/aromatic N) is 3. The number of anilines is 1. The maximum absolute atomic E-state index is 6.38. The first-order chi connectivity index (χ1) is 14.6. The highest BCUT2D eigenvalue weighted by Gasteiger charge is 2.09. The summed E-state index contributed by atoms with van der Waals surface area (Å²) in [6.07, 6.45) is 3.33. The maximum atomic E-state index is 6.38. The zero-order chi connectivity index (χ0) is 20.9. The van der Waals surface area contributed by atoms with E-state index in [4.69, 9.17) is 17.3 Å². The zero-order valence-corrected chi connectivity index (χ0v) is 17.3.